The average Bonchev–Trinajstić information content (AvgIpc) is 3.28. The van der Waals surface area contributed by atoms with Gasteiger partial charge in [0.05, 0.1) is 18.4 Å². The zero-order chi connectivity index (χ0) is 18.5. The van der Waals surface area contributed by atoms with Crippen molar-refractivity contribution >= 4 is 5.91 Å². The maximum absolute atomic E-state index is 12.7. The van der Waals surface area contributed by atoms with Crippen molar-refractivity contribution in [3.05, 3.63) is 72.1 Å². The minimum atomic E-state index is 0.0553. The van der Waals surface area contributed by atoms with Crippen molar-refractivity contribution in [1.29, 1.82) is 0 Å². The Kier molecular flexibility index (Phi) is 5.20. The standard InChI is InChI=1S/C20H21N5O2/c26-20(17-6-8-18(9-7-17)25-15-21-22-23-25)24-12-10-19(11-13-24)27-14-16-4-2-1-3-5-16/h1-9,15,19H,10-14H2. The predicted octanol–water partition coefficient (Wildman–Crippen LogP) is 2.48. The number of likely N-dealkylation sites (tertiary alicyclic amines) is 1. The molecule has 1 amide bonds. The first kappa shape index (κ1) is 17.4. The van der Waals surface area contributed by atoms with E-state index < -0.39 is 0 Å². The third-order valence-corrected chi connectivity index (χ3v) is 4.79. The van der Waals surface area contributed by atoms with Crippen LogP contribution in [0, 0.1) is 0 Å². The van der Waals surface area contributed by atoms with Gasteiger partial charge in [-0.1, -0.05) is 30.3 Å². The molecule has 0 atom stereocenters. The minimum absolute atomic E-state index is 0.0553. The highest BCUT2D eigenvalue weighted by atomic mass is 16.5. The molecule has 2 aromatic carbocycles. The van der Waals surface area contributed by atoms with Gasteiger partial charge in [0, 0.05) is 18.7 Å². The molecule has 7 heteroatoms. The molecule has 0 bridgehead atoms. The number of carbonyl (C=O) groups is 1. The summed E-state index contributed by atoms with van der Waals surface area (Å²) in [5.74, 6) is 0.0553. The highest BCUT2D eigenvalue weighted by molar-refractivity contribution is 5.94. The number of ether oxygens (including phenoxy) is 1. The summed E-state index contributed by atoms with van der Waals surface area (Å²) in [7, 11) is 0. The molecule has 1 aromatic heterocycles. The van der Waals surface area contributed by atoms with Crippen LogP contribution in [0.3, 0.4) is 0 Å². The Hall–Kier alpha value is -3.06. The second-order valence-electron chi connectivity index (χ2n) is 6.59. The van der Waals surface area contributed by atoms with Gasteiger partial charge >= 0.3 is 0 Å². The molecule has 138 valence electrons. The van der Waals surface area contributed by atoms with Crippen LogP contribution in [0.25, 0.3) is 5.69 Å². The van der Waals surface area contributed by atoms with Crippen LogP contribution < -0.4 is 0 Å². The largest absolute Gasteiger partial charge is 0.373 e. The fourth-order valence-electron chi connectivity index (χ4n) is 3.23. The molecule has 0 aliphatic carbocycles. The van der Waals surface area contributed by atoms with Gasteiger partial charge < -0.3 is 9.64 Å². The summed E-state index contributed by atoms with van der Waals surface area (Å²) in [6, 6.07) is 17.5. The molecule has 7 nitrogen and oxygen atoms in total. The highest BCUT2D eigenvalue weighted by Crippen LogP contribution is 2.18. The Morgan fingerprint density at radius 3 is 2.44 bits per heavy atom. The average molecular weight is 363 g/mol. The third kappa shape index (κ3) is 4.20. The first-order valence-electron chi connectivity index (χ1n) is 9.08. The lowest BCUT2D eigenvalue weighted by Gasteiger charge is -2.32. The molecule has 0 spiro atoms. The number of tetrazole rings is 1. The second kappa shape index (κ2) is 8.09. The number of aromatic nitrogens is 4. The Morgan fingerprint density at radius 1 is 1.04 bits per heavy atom. The van der Waals surface area contributed by atoms with E-state index in [0.717, 1.165) is 18.5 Å². The highest BCUT2D eigenvalue weighted by Gasteiger charge is 2.24. The Labute approximate surface area is 157 Å². The van der Waals surface area contributed by atoms with Crippen LogP contribution in [-0.4, -0.2) is 50.2 Å². The molecular formula is C20H21N5O2. The molecule has 1 aliphatic rings. The fraction of sp³-hybridized carbons (Fsp3) is 0.300. The maximum atomic E-state index is 12.7. The van der Waals surface area contributed by atoms with E-state index in [1.807, 2.05) is 47.4 Å². The van der Waals surface area contributed by atoms with Crippen LogP contribution in [0.5, 0.6) is 0 Å². The summed E-state index contributed by atoms with van der Waals surface area (Å²) in [6.07, 6.45) is 3.45. The van der Waals surface area contributed by atoms with Crippen LogP contribution in [0.4, 0.5) is 0 Å². The lowest BCUT2D eigenvalue weighted by Crippen LogP contribution is -2.40. The van der Waals surface area contributed by atoms with E-state index in [9.17, 15) is 4.79 Å². The number of rotatable bonds is 5. The number of hydrogen-bond acceptors (Lipinski definition) is 5. The number of amides is 1. The number of benzene rings is 2. The number of piperidine rings is 1. The van der Waals surface area contributed by atoms with Crippen LogP contribution >= 0.6 is 0 Å². The van der Waals surface area contributed by atoms with Gasteiger partial charge in [-0.3, -0.25) is 4.79 Å². The summed E-state index contributed by atoms with van der Waals surface area (Å²) < 4.78 is 7.56. The normalized spacial score (nSPS) is 15.0. The van der Waals surface area contributed by atoms with Crippen molar-refractivity contribution < 1.29 is 9.53 Å². The molecule has 0 unspecified atom stereocenters. The molecule has 4 rings (SSSR count). The van der Waals surface area contributed by atoms with Crippen LogP contribution in [0.2, 0.25) is 0 Å². The smallest absolute Gasteiger partial charge is 0.253 e. The molecule has 0 radical (unpaired) electrons. The maximum Gasteiger partial charge on any atom is 0.253 e. The summed E-state index contributed by atoms with van der Waals surface area (Å²) >= 11 is 0. The Bertz CT molecular complexity index is 857. The van der Waals surface area contributed by atoms with E-state index >= 15 is 0 Å². The van der Waals surface area contributed by atoms with E-state index in [1.165, 1.54) is 11.9 Å². The number of carbonyl (C=O) groups excluding carboxylic acids is 1. The first-order valence-corrected chi connectivity index (χ1v) is 9.08. The van der Waals surface area contributed by atoms with Crippen LogP contribution in [0.1, 0.15) is 28.8 Å². The molecule has 1 fully saturated rings. The van der Waals surface area contributed by atoms with E-state index in [0.29, 0.717) is 25.3 Å². The van der Waals surface area contributed by atoms with E-state index in [2.05, 4.69) is 27.7 Å². The van der Waals surface area contributed by atoms with Crippen molar-refractivity contribution in [3.63, 3.8) is 0 Å². The predicted molar refractivity (Wildman–Crippen MR) is 99.3 cm³/mol. The zero-order valence-electron chi connectivity index (χ0n) is 14.9. The summed E-state index contributed by atoms with van der Waals surface area (Å²) in [6.45, 7) is 2.05. The number of nitrogens with zero attached hydrogens (tertiary/aromatic N) is 5. The van der Waals surface area contributed by atoms with Gasteiger partial charge in [-0.2, -0.15) is 0 Å². The molecule has 2 heterocycles. The van der Waals surface area contributed by atoms with Gasteiger partial charge in [0.2, 0.25) is 0 Å². The monoisotopic (exact) mass is 363 g/mol. The SMILES string of the molecule is O=C(c1ccc(-n2cnnn2)cc1)N1CCC(OCc2ccccc2)CC1. The van der Waals surface area contributed by atoms with Crippen molar-refractivity contribution in [3.8, 4) is 5.69 Å². The molecule has 1 saturated heterocycles. The van der Waals surface area contributed by atoms with Crippen LogP contribution in [0.15, 0.2) is 60.9 Å². The summed E-state index contributed by atoms with van der Waals surface area (Å²) in [4.78, 5) is 14.6. The van der Waals surface area contributed by atoms with Crippen molar-refractivity contribution in [2.75, 3.05) is 13.1 Å². The van der Waals surface area contributed by atoms with E-state index in [4.69, 9.17) is 4.74 Å². The van der Waals surface area contributed by atoms with Gasteiger partial charge in [-0.15, -0.1) is 5.10 Å². The number of hydrogen-bond donors (Lipinski definition) is 0. The molecule has 3 aromatic rings. The van der Waals surface area contributed by atoms with Gasteiger partial charge in [0.15, 0.2) is 0 Å². The lowest BCUT2D eigenvalue weighted by atomic mass is 10.1. The summed E-state index contributed by atoms with van der Waals surface area (Å²) in [5.41, 5.74) is 2.68. The zero-order valence-corrected chi connectivity index (χ0v) is 14.9. The fourth-order valence-corrected chi connectivity index (χ4v) is 3.23. The van der Waals surface area contributed by atoms with Crippen molar-refractivity contribution in [2.24, 2.45) is 0 Å². The minimum Gasteiger partial charge on any atom is -0.373 e. The van der Waals surface area contributed by atoms with Gasteiger partial charge in [0.25, 0.3) is 5.91 Å². The summed E-state index contributed by atoms with van der Waals surface area (Å²) in [5, 5.41) is 11.1. The molecule has 0 N–H and O–H groups in total. The molecule has 0 saturated carbocycles. The second-order valence-corrected chi connectivity index (χ2v) is 6.59. The molecule has 27 heavy (non-hydrogen) atoms. The Balaban J connectivity index is 1.29. The first-order chi connectivity index (χ1) is 13.3. The van der Waals surface area contributed by atoms with Crippen molar-refractivity contribution in [2.45, 2.75) is 25.6 Å². The lowest BCUT2D eigenvalue weighted by molar-refractivity contribution is -0.000378. The quantitative estimate of drug-likeness (QED) is 0.696. The third-order valence-electron chi connectivity index (χ3n) is 4.79. The topological polar surface area (TPSA) is 73.1 Å². The van der Waals surface area contributed by atoms with Crippen LogP contribution in [-0.2, 0) is 11.3 Å². The van der Waals surface area contributed by atoms with Gasteiger partial charge in [-0.25, -0.2) is 4.68 Å². The van der Waals surface area contributed by atoms with Gasteiger partial charge in [0.1, 0.15) is 6.33 Å². The molecular weight excluding hydrogens is 342 g/mol. The Morgan fingerprint density at radius 2 is 1.78 bits per heavy atom. The van der Waals surface area contributed by atoms with Crippen molar-refractivity contribution in [1.82, 2.24) is 25.1 Å². The van der Waals surface area contributed by atoms with E-state index in [-0.39, 0.29) is 12.0 Å². The van der Waals surface area contributed by atoms with E-state index in [1.54, 1.807) is 4.68 Å². The van der Waals surface area contributed by atoms with Gasteiger partial charge in [-0.05, 0) is 53.1 Å². The molecule has 1 aliphatic heterocycles.